The van der Waals surface area contributed by atoms with Crippen LogP contribution in [0, 0.1) is 6.92 Å². The molecule has 0 spiro atoms. The van der Waals surface area contributed by atoms with Crippen molar-refractivity contribution in [1.29, 1.82) is 0 Å². The minimum absolute atomic E-state index is 1.15. The van der Waals surface area contributed by atoms with E-state index in [4.69, 9.17) is 0 Å². The lowest BCUT2D eigenvalue weighted by Crippen LogP contribution is -1.86. The predicted molar refractivity (Wildman–Crippen MR) is 85.0 cm³/mol. The molecule has 0 saturated carbocycles. The zero-order valence-corrected chi connectivity index (χ0v) is 11.9. The van der Waals surface area contributed by atoms with Crippen molar-refractivity contribution in [1.82, 2.24) is 0 Å². The molecule has 0 atom stereocenters. The Morgan fingerprint density at radius 2 is 1.63 bits per heavy atom. The molecule has 0 radical (unpaired) electrons. The number of hydrogen-bond acceptors (Lipinski definition) is 0. The van der Waals surface area contributed by atoms with Crippen LogP contribution in [0.3, 0.4) is 0 Å². The van der Waals surface area contributed by atoms with Gasteiger partial charge in [-0.1, -0.05) is 79.6 Å². The predicted octanol–water partition coefficient (Wildman–Crippen LogP) is 5.73. The Bertz CT molecular complexity index is 518. The number of benzene rings is 2. The first-order chi connectivity index (χ1) is 9.29. The Morgan fingerprint density at radius 1 is 0.947 bits per heavy atom. The highest BCUT2D eigenvalue weighted by Crippen LogP contribution is 2.24. The van der Waals surface area contributed by atoms with Gasteiger partial charge < -0.3 is 0 Å². The molecule has 0 heterocycles. The SMILES string of the molecule is CCCC/C(=C\c1ccccc1)c1ccc(C)cc1. The van der Waals surface area contributed by atoms with Crippen LogP contribution >= 0.6 is 0 Å². The molecule has 98 valence electrons. The van der Waals surface area contributed by atoms with Crippen molar-refractivity contribution in [3.63, 3.8) is 0 Å². The molecule has 2 rings (SSSR count). The molecule has 19 heavy (non-hydrogen) atoms. The van der Waals surface area contributed by atoms with Crippen molar-refractivity contribution < 1.29 is 0 Å². The summed E-state index contributed by atoms with van der Waals surface area (Å²) < 4.78 is 0. The van der Waals surface area contributed by atoms with E-state index in [1.54, 1.807) is 0 Å². The van der Waals surface area contributed by atoms with E-state index in [0.717, 1.165) is 6.42 Å². The van der Waals surface area contributed by atoms with Crippen LogP contribution in [0.1, 0.15) is 42.9 Å². The first-order valence-electron chi connectivity index (χ1n) is 7.12. The molecule has 2 aromatic carbocycles. The summed E-state index contributed by atoms with van der Waals surface area (Å²) in [5.74, 6) is 0. The van der Waals surface area contributed by atoms with Crippen LogP contribution in [0.4, 0.5) is 0 Å². The topological polar surface area (TPSA) is 0 Å². The van der Waals surface area contributed by atoms with E-state index in [1.807, 2.05) is 0 Å². The van der Waals surface area contributed by atoms with Crippen molar-refractivity contribution in [2.45, 2.75) is 33.1 Å². The Hall–Kier alpha value is -1.82. The number of aryl methyl sites for hydroxylation is 1. The summed E-state index contributed by atoms with van der Waals surface area (Å²) in [5.41, 5.74) is 5.39. The van der Waals surface area contributed by atoms with Crippen LogP contribution < -0.4 is 0 Å². The second-order valence-electron chi connectivity index (χ2n) is 5.05. The van der Waals surface area contributed by atoms with E-state index in [9.17, 15) is 0 Å². The van der Waals surface area contributed by atoms with E-state index in [0.29, 0.717) is 0 Å². The zero-order valence-electron chi connectivity index (χ0n) is 11.9. The third-order valence-electron chi connectivity index (χ3n) is 3.36. The van der Waals surface area contributed by atoms with E-state index in [2.05, 4.69) is 74.5 Å². The molecule has 0 aliphatic rings. The molecule has 2 aromatic rings. The molecule has 0 aliphatic carbocycles. The zero-order chi connectivity index (χ0) is 13.5. The third-order valence-corrected chi connectivity index (χ3v) is 3.36. The molecule has 0 saturated heterocycles. The van der Waals surface area contributed by atoms with Gasteiger partial charge in [-0.2, -0.15) is 0 Å². The highest BCUT2D eigenvalue weighted by molar-refractivity contribution is 5.81. The Balaban J connectivity index is 2.30. The molecule has 0 fully saturated rings. The van der Waals surface area contributed by atoms with Crippen molar-refractivity contribution in [3.05, 3.63) is 71.3 Å². The van der Waals surface area contributed by atoms with Crippen LogP contribution in [0.25, 0.3) is 11.6 Å². The van der Waals surface area contributed by atoms with Gasteiger partial charge in [0.25, 0.3) is 0 Å². The fourth-order valence-electron chi connectivity index (χ4n) is 2.19. The molecule has 0 aliphatic heterocycles. The monoisotopic (exact) mass is 250 g/mol. The quantitative estimate of drug-likeness (QED) is 0.595. The summed E-state index contributed by atoms with van der Waals surface area (Å²) in [6, 6.07) is 19.5. The van der Waals surface area contributed by atoms with Gasteiger partial charge in [0.15, 0.2) is 0 Å². The maximum absolute atomic E-state index is 2.32. The molecule has 0 nitrogen and oxygen atoms in total. The van der Waals surface area contributed by atoms with Crippen LogP contribution in [-0.4, -0.2) is 0 Å². The minimum Gasteiger partial charge on any atom is -0.0654 e. The van der Waals surface area contributed by atoms with Crippen molar-refractivity contribution in [3.8, 4) is 0 Å². The molecule has 0 unspecified atom stereocenters. The maximum Gasteiger partial charge on any atom is -0.0224 e. The van der Waals surface area contributed by atoms with Gasteiger partial charge in [-0.05, 0) is 36.5 Å². The fourth-order valence-corrected chi connectivity index (χ4v) is 2.19. The van der Waals surface area contributed by atoms with Crippen LogP contribution in [-0.2, 0) is 0 Å². The van der Waals surface area contributed by atoms with Crippen LogP contribution in [0.15, 0.2) is 54.6 Å². The van der Waals surface area contributed by atoms with Gasteiger partial charge in [0, 0.05) is 0 Å². The van der Waals surface area contributed by atoms with E-state index in [-0.39, 0.29) is 0 Å². The lowest BCUT2D eigenvalue weighted by atomic mass is 9.97. The standard InChI is InChI=1S/C19H22/c1-3-4-10-19(15-17-8-6-5-7-9-17)18-13-11-16(2)12-14-18/h5-9,11-15H,3-4,10H2,1-2H3/b19-15+. The summed E-state index contributed by atoms with van der Waals surface area (Å²) in [7, 11) is 0. The highest BCUT2D eigenvalue weighted by Gasteiger charge is 2.01. The summed E-state index contributed by atoms with van der Waals surface area (Å²) in [6.07, 6.45) is 5.94. The van der Waals surface area contributed by atoms with E-state index < -0.39 is 0 Å². The smallest absolute Gasteiger partial charge is 0.0224 e. The van der Waals surface area contributed by atoms with Gasteiger partial charge in [0.05, 0.1) is 0 Å². The third kappa shape index (κ3) is 4.10. The van der Waals surface area contributed by atoms with Gasteiger partial charge in [0.1, 0.15) is 0 Å². The second-order valence-corrected chi connectivity index (χ2v) is 5.05. The average molecular weight is 250 g/mol. The average Bonchev–Trinajstić information content (AvgIpc) is 2.45. The van der Waals surface area contributed by atoms with Crippen LogP contribution in [0.5, 0.6) is 0 Å². The molecular weight excluding hydrogens is 228 g/mol. The van der Waals surface area contributed by atoms with Crippen LogP contribution in [0.2, 0.25) is 0 Å². The number of unbranched alkanes of at least 4 members (excludes halogenated alkanes) is 1. The molecule has 0 aromatic heterocycles. The Labute approximate surface area is 116 Å². The molecule has 0 N–H and O–H groups in total. The van der Waals surface area contributed by atoms with Gasteiger partial charge in [-0.3, -0.25) is 0 Å². The Morgan fingerprint density at radius 3 is 2.26 bits per heavy atom. The van der Waals surface area contributed by atoms with Gasteiger partial charge in [-0.25, -0.2) is 0 Å². The van der Waals surface area contributed by atoms with Crippen molar-refractivity contribution in [2.75, 3.05) is 0 Å². The summed E-state index contributed by atoms with van der Waals surface area (Å²) in [6.45, 7) is 4.38. The van der Waals surface area contributed by atoms with Gasteiger partial charge in [-0.15, -0.1) is 0 Å². The van der Waals surface area contributed by atoms with Crippen molar-refractivity contribution in [2.24, 2.45) is 0 Å². The fraction of sp³-hybridized carbons (Fsp3) is 0.263. The maximum atomic E-state index is 2.32. The first-order valence-corrected chi connectivity index (χ1v) is 7.12. The lowest BCUT2D eigenvalue weighted by Gasteiger charge is -2.08. The van der Waals surface area contributed by atoms with Gasteiger partial charge in [0.2, 0.25) is 0 Å². The van der Waals surface area contributed by atoms with Gasteiger partial charge >= 0.3 is 0 Å². The number of allylic oxidation sites excluding steroid dienone is 1. The lowest BCUT2D eigenvalue weighted by molar-refractivity contribution is 0.825. The molecule has 0 amide bonds. The number of hydrogen-bond donors (Lipinski definition) is 0. The minimum atomic E-state index is 1.15. The summed E-state index contributed by atoms with van der Waals surface area (Å²) in [5, 5.41) is 0. The summed E-state index contributed by atoms with van der Waals surface area (Å²) >= 11 is 0. The van der Waals surface area contributed by atoms with Crippen molar-refractivity contribution >= 4 is 11.6 Å². The molecule has 0 heteroatoms. The largest absolute Gasteiger partial charge is 0.0654 e. The van der Waals surface area contributed by atoms with E-state index in [1.165, 1.54) is 35.1 Å². The number of rotatable bonds is 5. The Kier molecular flexibility index (Phi) is 4.97. The summed E-state index contributed by atoms with van der Waals surface area (Å²) in [4.78, 5) is 0. The highest BCUT2D eigenvalue weighted by atomic mass is 14.1. The van der Waals surface area contributed by atoms with E-state index >= 15 is 0 Å². The second kappa shape index (κ2) is 6.94. The molecule has 0 bridgehead atoms. The molecular formula is C19H22. The normalized spacial score (nSPS) is 11.6. The first kappa shape index (κ1) is 13.6.